The first-order valence-corrected chi connectivity index (χ1v) is 8.26. The smallest absolute Gasteiger partial charge is 0.135 e. The van der Waals surface area contributed by atoms with Gasteiger partial charge in [0.15, 0.2) is 0 Å². The number of methoxy groups -OCH3 is 1. The van der Waals surface area contributed by atoms with Crippen LogP contribution >= 0.6 is 27.3 Å². The summed E-state index contributed by atoms with van der Waals surface area (Å²) in [6.45, 7) is 4.28. The summed E-state index contributed by atoms with van der Waals surface area (Å²) < 4.78 is 12.9. The predicted molar refractivity (Wildman–Crippen MR) is 87.0 cm³/mol. The molecule has 0 saturated heterocycles. The van der Waals surface area contributed by atoms with E-state index < -0.39 is 0 Å². The molecule has 2 aromatic rings. The molecule has 0 aliphatic carbocycles. The Balaban J connectivity index is 2.20. The number of fused-ring (bicyclic) bond motifs is 1. The number of benzene rings is 1. The highest BCUT2D eigenvalue weighted by molar-refractivity contribution is 9.11. The summed E-state index contributed by atoms with van der Waals surface area (Å²) in [4.78, 5) is 1.17. The molecule has 0 N–H and O–H groups in total. The van der Waals surface area contributed by atoms with E-state index in [1.807, 2.05) is 6.07 Å². The van der Waals surface area contributed by atoms with Gasteiger partial charge in [-0.05, 0) is 66.4 Å². The van der Waals surface area contributed by atoms with Crippen LogP contribution in [0.15, 0.2) is 28.1 Å². The topological polar surface area (TPSA) is 18.5 Å². The zero-order chi connectivity index (χ0) is 14.3. The van der Waals surface area contributed by atoms with E-state index in [4.69, 9.17) is 9.47 Å². The van der Waals surface area contributed by atoms with E-state index in [0.717, 1.165) is 33.7 Å². The first-order chi connectivity index (χ1) is 9.50. The molecule has 0 unspecified atom stereocenters. The summed E-state index contributed by atoms with van der Waals surface area (Å²) in [6.07, 6.45) is 2.09. The molecular formula is C16H17BrO2S. The third-order valence-corrected chi connectivity index (χ3v) is 5.26. The Labute approximate surface area is 131 Å². The zero-order valence-corrected chi connectivity index (χ0v) is 14.2. The Morgan fingerprint density at radius 2 is 2.05 bits per heavy atom. The van der Waals surface area contributed by atoms with Crippen molar-refractivity contribution in [3.8, 4) is 21.9 Å². The summed E-state index contributed by atoms with van der Waals surface area (Å²) in [7, 11) is 1.71. The molecule has 0 amide bonds. The number of ether oxygens (including phenoxy) is 2. The minimum Gasteiger partial charge on any atom is -0.496 e. The highest BCUT2D eigenvalue weighted by atomic mass is 79.9. The number of thiophene rings is 1. The summed E-state index contributed by atoms with van der Waals surface area (Å²) in [5.74, 6) is 1.85. The van der Waals surface area contributed by atoms with E-state index in [0.29, 0.717) is 0 Å². The third kappa shape index (κ3) is 2.47. The fourth-order valence-corrected chi connectivity index (χ4v) is 3.97. The lowest BCUT2D eigenvalue weighted by Gasteiger charge is -2.34. The van der Waals surface area contributed by atoms with E-state index in [-0.39, 0.29) is 5.60 Å². The highest BCUT2D eigenvalue weighted by Gasteiger charge is 2.30. The standard InChI is InChI=1S/C16H17BrO2S/c1-16(2)9-8-10-4-5-11(18-3)14(15(10)19-16)12-6-7-13(17)20-12/h4-7H,8-9H2,1-3H3. The molecule has 2 heterocycles. The number of rotatable bonds is 2. The maximum absolute atomic E-state index is 6.27. The molecule has 1 aliphatic heterocycles. The van der Waals surface area contributed by atoms with E-state index >= 15 is 0 Å². The summed E-state index contributed by atoms with van der Waals surface area (Å²) >= 11 is 5.23. The molecule has 1 aliphatic rings. The van der Waals surface area contributed by atoms with Crippen LogP contribution < -0.4 is 9.47 Å². The molecule has 0 saturated carbocycles. The second-order valence-corrected chi connectivity index (χ2v) is 8.06. The molecule has 106 valence electrons. The molecule has 0 bridgehead atoms. The zero-order valence-electron chi connectivity index (χ0n) is 11.8. The van der Waals surface area contributed by atoms with Crippen molar-refractivity contribution in [3.63, 3.8) is 0 Å². The van der Waals surface area contributed by atoms with Crippen LogP contribution in [0.25, 0.3) is 10.4 Å². The normalized spacial score (nSPS) is 16.4. The van der Waals surface area contributed by atoms with Gasteiger partial charge in [-0.2, -0.15) is 0 Å². The quantitative estimate of drug-likeness (QED) is 0.730. The van der Waals surface area contributed by atoms with Crippen molar-refractivity contribution in [2.24, 2.45) is 0 Å². The van der Waals surface area contributed by atoms with Crippen LogP contribution in [-0.2, 0) is 6.42 Å². The van der Waals surface area contributed by atoms with Gasteiger partial charge in [-0.3, -0.25) is 0 Å². The third-order valence-electron chi connectivity index (χ3n) is 3.62. The first-order valence-electron chi connectivity index (χ1n) is 6.65. The monoisotopic (exact) mass is 352 g/mol. The van der Waals surface area contributed by atoms with Crippen molar-refractivity contribution < 1.29 is 9.47 Å². The number of halogens is 1. The van der Waals surface area contributed by atoms with E-state index in [9.17, 15) is 0 Å². The number of aryl methyl sites for hydroxylation is 1. The second-order valence-electron chi connectivity index (χ2n) is 5.60. The van der Waals surface area contributed by atoms with Crippen molar-refractivity contribution in [2.75, 3.05) is 7.11 Å². The predicted octanol–water partition coefficient (Wildman–Crippen LogP) is 5.29. The molecule has 1 aromatic carbocycles. The molecule has 20 heavy (non-hydrogen) atoms. The van der Waals surface area contributed by atoms with Gasteiger partial charge >= 0.3 is 0 Å². The largest absolute Gasteiger partial charge is 0.496 e. The fourth-order valence-electron chi connectivity index (χ4n) is 2.54. The molecule has 1 aromatic heterocycles. The second kappa shape index (κ2) is 5.08. The minimum absolute atomic E-state index is 0.122. The van der Waals surface area contributed by atoms with E-state index in [1.165, 1.54) is 10.4 Å². The average molecular weight is 353 g/mol. The van der Waals surface area contributed by atoms with Gasteiger partial charge in [-0.15, -0.1) is 11.3 Å². The van der Waals surface area contributed by atoms with Gasteiger partial charge in [-0.1, -0.05) is 6.07 Å². The van der Waals surface area contributed by atoms with Crippen molar-refractivity contribution in [1.82, 2.24) is 0 Å². The van der Waals surface area contributed by atoms with Crippen molar-refractivity contribution >= 4 is 27.3 Å². The lowest BCUT2D eigenvalue weighted by Crippen LogP contribution is -2.32. The SMILES string of the molecule is COc1ccc2c(c1-c1ccc(Br)s1)OC(C)(C)CC2. The lowest BCUT2D eigenvalue weighted by molar-refractivity contribution is 0.0852. The van der Waals surface area contributed by atoms with Crippen LogP contribution in [0.2, 0.25) is 0 Å². The Morgan fingerprint density at radius 1 is 1.25 bits per heavy atom. The van der Waals surface area contributed by atoms with Gasteiger partial charge in [0.2, 0.25) is 0 Å². The molecule has 0 radical (unpaired) electrons. The molecular weight excluding hydrogens is 336 g/mol. The van der Waals surface area contributed by atoms with Crippen LogP contribution in [0.1, 0.15) is 25.8 Å². The van der Waals surface area contributed by atoms with Crippen LogP contribution in [0.4, 0.5) is 0 Å². The van der Waals surface area contributed by atoms with Crippen LogP contribution in [0.5, 0.6) is 11.5 Å². The summed E-state index contributed by atoms with van der Waals surface area (Å²) in [5, 5.41) is 0. The maximum atomic E-state index is 6.27. The Kier molecular flexibility index (Phi) is 3.55. The Bertz CT molecular complexity index is 646. The van der Waals surface area contributed by atoms with Gasteiger partial charge in [0.25, 0.3) is 0 Å². The van der Waals surface area contributed by atoms with Crippen molar-refractivity contribution in [1.29, 1.82) is 0 Å². The molecule has 0 spiro atoms. The molecule has 0 atom stereocenters. The summed E-state index contributed by atoms with van der Waals surface area (Å²) in [5.41, 5.74) is 2.22. The Hall–Kier alpha value is -1.00. The van der Waals surface area contributed by atoms with Crippen molar-refractivity contribution in [3.05, 3.63) is 33.6 Å². The van der Waals surface area contributed by atoms with Crippen molar-refractivity contribution in [2.45, 2.75) is 32.3 Å². The van der Waals surface area contributed by atoms with E-state index in [2.05, 4.69) is 48.0 Å². The van der Waals surface area contributed by atoms with Crippen LogP contribution in [0.3, 0.4) is 0 Å². The van der Waals surface area contributed by atoms with E-state index in [1.54, 1.807) is 18.4 Å². The van der Waals surface area contributed by atoms with Gasteiger partial charge in [0, 0.05) is 4.88 Å². The fraction of sp³-hybridized carbons (Fsp3) is 0.375. The molecule has 0 fully saturated rings. The minimum atomic E-state index is -0.122. The highest BCUT2D eigenvalue weighted by Crippen LogP contribution is 2.48. The van der Waals surface area contributed by atoms with Crippen LogP contribution in [-0.4, -0.2) is 12.7 Å². The Morgan fingerprint density at radius 3 is 2.70 bits per heavy atom. The number of hydrogen-bond donors (Lipinski definition) is 0. The molecule has 2 nitrogen and oxygen atoms in total. The van der Waals surface area contributed by atoms with Gasteiger partial charge in [0.1, 0.15) is 17.1 Å². The first kappa shape index (κ1) is 14.0. The lowest BCUT2D eigenvalue weighted by atomic mass is 9.92. The van der Waals surface area contributed by atoms with Gasteiger partial charge < -0.3 is 9.47 Å². The van der Waals surface area contributed by atoms with Crippen LogP contribution in [0, 0.1) is 0 Å². The maximum Gasteiger partial charge on any atom is 0.135 e. The van der Waals surface area contributed by atoms with Gasteiger partial charge in [0.05, 0.1) is 16.5 Å². The molecule has 4 heteroatoms. The number of hydrogen-bond acceptors (Lipinski definition) is 3. The summed E-state index contributed by atoms with van der Waals surface area (Å²) in [6, 6.07) is 8.34. The average Bonchev–Trinajstić information content (AvgIpc) is 2.82. The molecule has 3 rings (SSSR count). The van der Waals surface area contributed by atoms with Gasteiger partial charge in [-0.25, -0.2) is 0 Å².